The van der Waals surface area contributed by atoms with Crippen LogP contribution in [0.1, 0.15) is 37.1 Å². The van der Waals surface area contributed by atoms with Gasteiger partial charge in [-0.25, -0.2) is 0 Å². The fraction of sp³-hybridized carbons (Fsp3) is 0.571. The summed E-state index contributed by atoms with van der Waals surface area (Å²) in [5, 5.41) is 0.419. The van der Waals surface area contributed by atoms with Gasteiger partial charge in [0.1, 0.15) is 0 Å². The molecule has 1 rings (SSSR count). The lowest BCUT2D eigenvalue weighted by atomic mass is 10.1. The van der Waals surface area contributed by atoms with E-state index in [1.165, 1.54) is 16.9 Å². The van der Waals surface area contributed by atoms with Crippen molar-refractivity contribution in [1.29, 1.82) is 0 Å². The van der Waals surface area contributed by atoms with Gasteiger partial charge >= 0.3 is 0 Å². The van der Waals surface area contributed by atoms with Crippen LogP contribution in [0, 0.1) is 12.8 Å². The van der Waals surface area contributed by atoms with E-state index in [9.17, 15) is 0 Å². The Hall–Kier alpha value is -0.470. The molecule has 2 heteroatoms. The Bertz CT molecular complexity index is 303. The standard InChI is InChI=1S/C14H23NS/c1-10(2)9-16-14(12(4)15)13-7-5-11(3)6-8-13/h5-8,10,12,14H,9,15H2,1-4H3. The quantitative estimate of drug-likeness (QED) is 0.843. The first kappa shape index (κ1) is 13.6. The zero-order valence-corrected chi connectivity index (χ0v) is 11.6. The van der Waals surface area contributed by atoms with Crippen molar-refractivity contribution in [1.82, 2.24) is 0 Å². The summed E-state index contributed by atoms with van der Waals surface area (Å²) >= 11 is 1.97. The van der Waals surface area contributed by atoms with Crippen molar-refractivity contribution in [3.05, 3.63) is 35.4 Å². The average Bonchev–Trinajstić information content (AvgIpc) is 2.20. The van der Waals surface area contributed by atoms with Crippen LogP contribution in [0.15, 0.2) is 24.3 Å². The fourth-order valence-electron chi connectivity index (χ4n) is 1.60. The Labute approximate surface area is 104 Å². The maximum absolute atomic E-state index is 6.07. The first-order valence-corrected chi connectivity index (χ1v) is 6.99. The van der Waals surface area contributed by atoms with E-state index in [4.69, 9.17) is 5.73 Å². The Morgan fingerprint density at radius 3 is 2.12 bits per heavy atom. The molecule has 2 atom stereocenters. The molecule has 16 heavy (non-hydrogen) atoms. The first-order valence-electron chi connectivity index (χ1n) is 5.94. The molecule has 0 fully saturated rings. The van der Waals surface area contributed by atoms with Crippen LogP contribution in [0.25, 0.3) is 0 Å². The Kier molecular flexibility index (Phi) is 5.36. The van der Waals surface area contributed by atoms with Crippen molar-refractivity contribution in [2.75, 3.05) is 5.75 Å². The number of nitrogens with two attached hydrogens (primary N) is 1. The minimum Gasteiger partial charge on any atom is -0.327 e. The highest BCUT2D eigenvalue weighted by Crippen LogP contribution is 2.32. The maximum Gasteiger partial charge on any atom is 0.0445 e. The lowest BCUT2D eigenvalue weighted by molar-refractivity contribution is 0.706. The molecule has 2 N–H and O–H groups in total. The molecule has 0 aromatic heterocycles. The maximum atomic E-state index is 6.07. The molecule has 0 spiro atoms. The molecule has 1 aromatic carbocycles. The molecule has 0 bridgehead atoms. The minimum absolute atomic E-state index is 0.200. The van der Waals surface area contributed by atoms with Gasteiger partial charge in [-0.1, -0.05) is 43.7 Å². The molecule has 0 heterocycles. The highest BCUT2D eigenvalue weighted by Gasteiger charge is 2.16. The third-order valence-electron chi connectivity index (χ3n) is 2.49. The third-order valence-corrected chi connectivity index (χ3v) is 4.41. The van der Waals surface area contributed by atoms with Crippen LogP contribution in [0.5, 0.6) is 0 Å². The summed E-state index contributed by atoms with van der Waals surface area (Å²) in [6, 6.07) is 8.95. The molecular formula is C14H23NS. The number of benzene rings is 1. The summed E-state index contributed by atoms with van der Waals surface area (Å²) in [6.45, 7) is 8.71. The van der Waals surface area contributed by atoms with Crippen molar-refractivity contribution in [2.45, 2.75) is 39.0 Å². The monoisotopic (exact) mass is 237 g/mol. The van der Waals surface area contributed by atoms with Gasteiger partial charge in [-0.05, 0) is 31.1 Å². The second-order valence-electron chi connectivity index (χ2n) is 4.92. The Morgan fingerprint density at radius 2 is 1.69 bits per heavy atom. The van der Waals surface area contributed by atoms with E-state index in [0.29, 0.717) is 5.25 Å². The van der Waals surface area contributed by atoms with E-state index in [-0.39, 0.29) is 6.04 Å². The van der Waals surface area contributed by atoms with Crippen LogP contribution in [0.3, 0.4) is 0 Å². The van der Waals surface area contributed by atoms with Crippen LogP contribution in [0.4, 0.5) is 0 Å². The molecule has 2 unspecified atom stereocenters. The average molecular weight is 237 g/mol. The summed E-state index contributed by atoms with van der Waals surface area (Å²) in [7, 11) is 0. The smallest absolute Gasteiger partial charge is 0.0445 e. The van der Waals surface area contributed by atoms with Gasteiger partial charge in [-0.2, -0.15) is 11.8 Å². The highest BCUT2D eigenvalue weighted by atomic mass is 32.2. The third kappa shape index (κ3) is 4.18. The number of thioether (sulfide) groups is 1. The zero-order chi connectivity index (χ0) is 12.1. The zero-order valence-electron chi connectivity index (χ0n) is 10.7. The van der Waals surface area contributed by atoms with Gasteiger partial charge < -0.3 is 5.73 Å². The van der Waals surface area contributed by atoms with Crippen LogP contribution in [-0.4, -0.2) is 11.8 Å². The molecular weight excluding hydrogens is 214 g/mol. The molecule has 0 aliphatic heterocycles. The van der Waals surface area contributed by atoms with E-state index in [0.717, 1.165) is 5.92 Å². The van der Waals surface area contributed by atoms with Crippen LogP contribution in [0.2, 0.25) is 0 Å². The van der Waals surface area contributed by atoms with E-state index in [1.54, 1.807) is 0 Å². The van der Waals surface area contributed by atoms with Crippen molar-refractivity contribution in [3.63, 3.8) is 0 Å². The minimum atomic E-state index is 0.200. The van der Waals surface area contributed by atoms with Crippen LogP contribution < -0.4 is 5.73 Å². The first-order chi connectivity index (χ1) is 7.50. The Morgan fingerprint density at radius 1 is 1.12 bits per heavy atom. The van der Waals surface area contributed by atoms with Gasteiger partial charge in [-0.3, -0.25) is 0 Å². The molecule has 0 saturated heterocycles. The van der Waals surface area contributed by atoms with Gasteiger partial charge in [0.05, 0.1) is 0 Å². The topological polar surface area (TPSA) is 26.0 Å². The van der Waals surface area contributed by atoms with Crippen LogP contribution in [-0.2, 0) is 0 Å². The summed E-state index contributed by atoms with van der Waals surface area (Å²) in [6.07, 6.45) is 0. The summed E-state index contributed by atoms with van der Waals surface area (Å²) < 4.78 is 0. The largest absolute Gasteiger partial charge is 0.327 e. The van der Waals surface area contributed by atoms with Crippen molar-refractivity contribution < 1.29 is 0 Å². The van der Waals surface area contributed by atoms with Crippen molar-refractivity contribution >= 4 is 11.8 Å². The van der Waals surface area contributed by atoms with Gasteiger partial charge in [0, 0.05) is 11.3 Å². The lowest BCUT2D eigenvalue weighted by Gasteiger charge is -2.22. The second-order valence-corrected chi connectivity index (χ2v) is 6.09. The normalized spacial score (nSPS) is 15.1. The van der Waals surface area contributed by atoms with Crippen LogP contribution >= 0.6 is 11.8 Å². The highest BCUT2D eigenvalue weighted by molar-refractivity contribution is 7.99. The van der Waals surface area contributed by atoms with E-state index >= 15 is 0 Å². The van der Waals surface area contributed by atoms with Crippen molar-refractivity contribution in [2.24, 2.45) is 11.7 Å². The molecule has 1 aromatic rings. The lowest BCUT2D eigenvalue weighted by Crippen LogP contribution is -2.23. The number of aryl methyl sites for hydroxylation is 1. The SMILES string of the molecule is Cc1ccc(C(SCC(C)C)C(C)N)cc1. The van der Waals surface area contributed by atoms with Gasteiger partial charge in [0.25, 0.3) is 0 Å². The fourth-order valence-corrected chi connectivity index (χ4v) is 2.85. The van der Waals surface area contributed by atoms with Crippen molar-refractivity contribution in [3.8, 4) is 0 Å². The van der Waals surface area contributed by atoms with Gasteiger partial charge in [0.15, 0.2) is 0 Å². The molecule has 0 aliphatic carbocycles. The van der Waals surface area contributed by atoms with E-state index < -0.39 is 0 Å². The summed E-state index contributed by atoms with van der Waals surface area (Å²) in [4.78, 5) is 0. The second kappa shape index (κ2) is 6.31. The molecule has 1 nitrogen and oxygen atoms in total. The van der Waals surface area contributed by atoms with E-state index in [1.807, 2.05) is 11.8 Å². The molecule has 0 amide bonds. The van der Waals surface area contributed by atoms with E-state index in [2.05, 4.69) is 52.0 Å². The molecule has 0 radical (unpaired) electrons. The van der Waals surface area contributed by atoms with Gasteiger partial charge in [0.2, 0.25) is 0 Å². The Balaban J connectivity index is 2.73. The summed E-state index contributed by atoms with van der Waals surface area (Å²) in [5.41, 5.74) is 8.73. The number of hydrogen-bond acceptors (Lipinski definition) is 2. The molecule has 0 aliphatic rings. The predicted molar refractivity (Wildman–Crippen MR) is 74.9 cm³/mol. The molecule has 90 valence electrons. The molecule has 0 saturated carbocycles. The number of hydrogen-bond donors (Lipinski definition) is 1. The van der Waals surface area contributed by atoms with Gasteiger partial charge in [-0.15, -0.1) is 0 Å². The summed E-state index contributed by atoms with van der Waals surface area (Å²) in [5.74, 6) is 1.89. The number of rotatable bonds is 5. The predicted octanol–water partition coefficient (Wildman–Crippen LogP) is 3.77.